The van der Waals surface area contributed by atoms with Gasteiger partial charge in [-0.25, -0.2) is 8.42 Å². The van der Waals surface area contributed by atoms with Gasteiger partial charge in [-0.1, -0.05) is 41.3 Å². The summed E-state index contributed by atoms with van der Waals surface area (Å²) in [6.07, 6.45) is 3.19. The molecule has 7 nitrogen and oxygen atoms in total. The number of carbonyl (C=O) groups is 1. The zero-order valence-corrected chi connectivity index (χ0v) is 16.0. The Balaban J connectivity index is 1.69. The van der Waals surface area contributed by atoms with Crippen LogP contribution in [-0.2, 0) is 14.8 Å². The highest BCUT2D eigenvalue weighted by atomic mass is 32.2. The fraction of sp³-hybridized carbons (Fsp3) is 0.400. The van der Waals surface area contributed by atoms with Gasteiger partial charge in [-0.2, -0.15) is 4.31 Å². The molecule has 3 rings (SSSR count). The number of nitrogens with one attached hydrogen (secondary N) is 1. The van der Waals surface area contributed by atoms with E-state index in [9.17, 15) is 13.2 Å². The summed E-state index contributed by atoms with van der Waals surface area (Å²) in [4.78, 5) is 12.7. The smallest absolute Gasteiger partial charge is 0.243 e. The molecule has 0 bridgehead atoms. The van der Waals surface area contributed by atoms with Crippen LogP contribution in [0, 0.1) is 5.92 Å². The maximum atomic E-state index is 12.7. The number of benzene rings is 1. The Labute approximate surface area is 154 Å². The van der Waals surface area contributed by atoms with Crippen LogP contribution in [0.1, 0.15) is 12.8 Å². The van der Waals surface area contributed by atoms with E-state index in [4.69, 9.17) is 0 Å². The molecule has 0 aliphatic carbocycles. The van der Waals surface area contributed by atoms with Crippen molar-refractivity contribution in [1.29, 1.82) is 0 Å². The van der Waals surface area contributed by atoms with Gasteiger partial charge in [0.2, 0.25) is 21.1 Å². The van der Waals surface area contributed by atoms with Crippen molar-refractivity contribution in [1.82, 2.24) is 14.5 Å². The van der Waals surface area contributed by atoms with Gasteiger partial charge in [-0.3, -0.25) is 4.79 Å². The standard InChI is InChI=1S/C15H18N4O3S3/c1-23-15-18-17-14(24-15)16-13(20)11-6-5-9-19(10-11)25(21,22)12-7-3-2-4-8-12/h2-4,7-8,11H,5-6,9-10H2,1H3,(H,16,17,20). The van der Waals surface area contributed by atoms with Gasteiger partial charge < -0.3 is 5.32 Å². The molecular formula is C15H18N4O3S3. The van der Waals surface area contributed by atoms with Crippen molar-refractivity contribution < 1.29 is 13.2 Å². The third-order valence-corrected chi connectivity index (χ3v) is 7.64. The third-order valence-electron chi connectivity index (χ3n) is 3.95. The number of piperidine rings is 1. The summed E-state index contributed by atoms with van der Waals surface area (Å²) in [5.41, 5.74) is 0. The van der Waals surface area contributed by atoms with E-state index in [0.29, 0.717) is 24.5 Å². The van der Waals surface area contributed by atoms with Crippen molar-refractivity contribution in [2.75, 3.05) is 24.7 Å². The Morgan fingerprint density at radius 1 is 1.32 bits per heavy atom. The minimum Gasteiger partial charge on any atom is -0.300 e. The van der Waals surface area contributed by atoms with Gasteiger partial charge in [0.1, 0.15) is 0 Å². The number of amides is 1. The number of hydrogen-bond acceptors (Lipinski definition) is 7. The average molecular weight is 399 g/mol. The first kappa shape index (κ1) is 18.3. The predicted octanol–water partition coefficient (Wildman–Crippen LogP) is 2.30. The highest BCUT2D eigenvalue weighted by Crippen LogP contribution is 2.27. The minimum atomic E-state index is -3.58. The van der Waals surface area contributed by atoms with E-state index >= 15 is 0 Å². The number of thioether (sulfide) groups is 1. The van der Waals surface area contributed by atoms with Gasteiger partial charge in [0.25, 0.3) is 0 Å². The molecule has 0 spiro atoms. The van der Waals surface area contributed by atoms with Gasteiger partial charge in [0.05, 0.1) is 10.8 Å². The third kappa shape index (κ3) is 4.20. The first-order chi connectivity index (χ1) is 12.0. The van der Waals surface area contributed by atoms with E-state index in [2.05, 4.69) is 15.5 Å². The molecule has 1 saturated heterocycles. The van der Waals surface area contributed by atoms with E-state index in [0.717, 1.165) is 4.34 Å². The second-order valence-electron chi connectivity index (χ2n) is 5.58. The molecule has 1 fully saturated rings. The number of hydrogen-bond donors (Lipinski definition) is 1. The van der Waals surface area contributed by atoms with Crippen LogP contribution in [0.25, 0.3) is 0 Å². The molecule has 0 saturated carbocycles. The summed E-state index contributed by atoms with van der Waals surface area (Å²) in [6.45, 7) is 0.605. The van der Waals surface area contributed by atoms with Crippen molar-refractivity contribution in [3.05, 3.63) is 30.3 Å². The summed E-state index contributed by atoms with van der Waals surface area (Å²) < 4.78 is 27.6. The summed E-state index contributed by atoms with van der Waals surface area (Å²) >= 11 is 2.77. The largest absolute Gasteiger partial charge is 0.300 e. The number of sulfonamides is 1. The van der Waals surface area contributed by atoms with Crippen LogP contribution in [-0.4, -0.2) is 48.2 Å². The maximum Gasteiger partial charge on any atom is 0.243 e. The van der Waals surface area contributed by atoms with Crippen molar-refractivity contribution in [3.63, 3.8) is 0 Å². The molecule has 2 aromatic rings. The molecule has 25 heavy (non-hydrogen) atoms. The van der Waals surface area contributed by atoms with E-state index in [1.807, 2.05) is 6.26 Å². The predicted molar refractivity (Wildman–Crippen MR) is 98.2 cm³/mol. The van der Waals surface area contributed by atoms with E-state index < -0.39 is 15.9 Å². The number of carbonyl (C=O) groups excluding carboxylic acids is 1. The number of rotatable bonds is 5. The number of anilines is 1. The minimum absolute atomic E-state index is 0.178. The molecule has 1 unspecified atom stereocenters. The Hall–Kier alpha value is -1.49. The molecule has 1 aromatic heterocycles. The van der Waals surface area contributed by atoms with Gasteiger partial charge in [-0.05, 0) is 31.2 Å². The van der Waals surface area contributed by atoms with Gasteiger partial charge in [-0.15, -0.1) is 10.2 Å². The van der Waals surface area contributed by atoms with Crippen molar-refractivity contribution in [2.45, 2.75) is 22.1 Å². The van der Waals surface area contributed by atoms with Gasteiger partial charge in [0.15, 0.2) is 4.34 Å². The monoisotopic (exact) mass is 398 g/mol. The van der Waals surface area contributed by atoms with Crippen LogP contribution >= 0.6 is 23.1 Å². The second kappa shape index (κ2) is 7.81. The Morgan fingerprint density at radius 2 is 2.08 bits per heavy atom. The van der Waals surface area contributed by atoms with Crippen LogP contribution in [0.5, 0.6) is 0 Å². The highest BCUT2D eigenvalue weighted by Gasteiger charge is 2.33. The lowest BCUT2D eigenvalue weighted by molar-refractivity contribution is -0.120. The molecule has 1 aliphatic rings. The van der Waals surface area contributed by atoms with E-state index in [1.165, 1.54) is 27.4 Å². The lowest BCUT2D eigenvalue weighted by Gasteiger charge is -2.31. The average Bonchev–Trinajstić information content (AvgIpc) is 3.10. The van der Waals surface area contributed by atoms with Crippen LogP contribution in [0.15, 0.2) is 39.6 Å². The molecule has 1 amide bonds. The summed E-state index contributed by atoms with van der Waals surface area (Å²) in [5, 5.41) is 11.0. The SMILES string of the molecule is CSc1nnc(NC(=O)C2CCCN(S(=O)(=O)c3ccccc3)C2)s1. The van der Waals surface area contributed by atoms with Crippen LogP contribution in [0.4, 0.5) is 5.13 Å². The molecule has 134 valence electrons. The Morgan fingerprint density at radius 3 is 2.76 bits per heavy atom. The molecule has 0 radical (unpaired) electrons. The Bertz CT molecular complexity index is 839. The fourth-order valence-electron chi connectivity index (χ4n) is 2.67. The van der Waals surface area contributed by atoms with Crippen molar-refractivity contribution >= 4 is 44.2 Å². The summed E-state index contributed by atoms with van der Waals surface area (Å²) in [7, 11) is -3.58. The molecule has 1 atom stereocenters. The molecule has 2 heterocycles. The quantitative estimate of drug-likeness (QED) is 0.614. The zero-order chi connectivity index (χ0) is 17.9. The molecule has 1 aromatic carbocycles. The maximum absolute atomic E-state index is 12.7. The van der Waals surface area contributed by atoms with Gasteiger partial charge in [0, 0.05) is 13.1 Å². The van der Waals surface area contributed by atoms with Crippen LogP contribution in [0.2, 0.25) is 0 Å². The summed E-state index contributed by atoms with van der Waals surface area (Å²) in [6, 6.07) is 8.31. The first-order valence-electron chi connectivity index (χ1n) is 7.74. The van der Waals surface area contributed by atoms with Crippen LogP contribution < -0.4 is 5.32 Å². The molecule has 10 heteroatoms. The number of aromatic nitrogens is 2. The topological polar surface area (TPSA) is 92.3 Å². The highest BCUT2D eigenvalue weighted by molar-refractivity contribution is 8.00. The molecule has 1 aliphatic heterocycles. The second-order valence-corrected chi connectivity index (χ2v) is 9.55. The first-order valence-corrected chi connectivity index (χ1v) is 11.2. The number of nitrogens with zero attached hydrogens (tertiary/aromatic N) is 3. The summed E-state index contributed by atoms with van der Waals surface area (Å²) in [5.74, 6) is -0.606. The molecule has 1 N–H and O–H groups in total. The lowest BCUT2D eigenvalue weighted by Crippen LogP contribution is -2.43. The zero-order valence-electron chi connectivity index (χ0n) is 13.6. The van der Waals surface area contributed by atoms with Gasteiger partial charge >= 0.3 is 0 Å². The Kier molecular flexibility index (Phi) is 5.72. The van der Waals surface area contributed by atoms with E-state index in [-0.39, 0.29) is 17.3 Å². The van der Waals surface area contributed by atoms with E-state index in [1.54, 1.807) is 30.3 Å². The lowest BCUT2D eigenvalue weighted by atomic mass is 9.99. The normalized spacial score (nSPS) is 18.8. The van der Waals surface area contributed by atoms with Crippen molar-refractivity contribution in [3.8, 4) is 0 Å². The van der Waals surface area contributed by atoms with Crippen molar-refractivity contribution in [2.24, 2.45) is 5.92 Å². The fourth-order valence-corrected chi connectivity index (χ4v) is 5.38. The van der Waals surface area contributed by atoms with Crippen LogP contribution in [0.3, 0.4) is 0 Å². The molecular weight excluding hydrogens is 380 g/mol.